The number of hydrogen-bond donors (Lipinski definition) is 1. The highest BCUT2D eigenvalue weighted by molar-refractivity contribution is 7.90. The molecule has 1 aromatic carbocycles. The molecule has 0 aromatic heterocycles. The van der Waals surface area contributed by atoms with Gasteiger partial charge in [0.2, 0.25) is 0 Å². The lowest BCUT2D eigenvalue weighted by Gasteiger charge is -2.33. The molecule has 0 saturated heterocycles. The maximum Gasteiger partial charge on any atom is 0.175 e. The van der Waals surface area contributed by atoms with Crippen molar-refractivity contribution in [2.45, 2.75) is 44.0 Å². The minimum atomic E-state index is -3.20. The third-order valence-electron chi connectivity index (χ3n) is 4.32. The van der Waals surface area contributed by atoms with Crippen molar-refractivity contribution in [2.24, 2.45) is 11.8 Å². The molecule has 112 valence electrons. The molecule has 0 aliphatic heterocycles. The van der Waals surface area contributed by atoms with Crippen LogP contribution >= 0.6 is 11.6 Å². The second-order valence-corrected chi connectivity index (χ2v) is 8.45. The average Bonchev–Trinajstić information content (AvgIpc) is 2.35. The fourth-order valence-corrected chi connectivity index (χ4v) is 3.56. The van der Waals surface area contributed by atoms with E-state index in [1.165, 1.54) is 12.7 Å². The number of anilines is 1. The van der Waals surface area contributed by atoms with Gasteiger partial charge in [0, 0.05) is 12.3 Å². The van der Waals surface area contributed by atoms with Crippen LogP contribution in [0.4, 0.5) is 5.69 Å². The lowest BCUT2D eigenvalue weighted by molar-refractivity contribution is 0.261. The first-order chi connectivity index (χ1) is 9.27. The second-order valence-electron chi connectivity index (χ2n) is 6.02. The summed E-state index contributed by atoms with van der Waals surface area (Å²) in [5.74, 6) is 1.43. The minimum Gasteiger partial charge on any atom is -0.381 e. The topological polar surface area (TPSA) is 46.2 Å². The van der Waals surface area contributed by atoms with E-state index < -0.39 is 9.84 Å². The molecule has 20 heavy (non-hydrogen) atoms. The van der Waals surface area contributed by atoms with Crippen molar-refractivity contribution in [3.63, 3.8) is 0 Å². The molecule has 0 heterocycles. The Bertz CT molecular complexity index is 586. The quantitative estimate of drug-likeness (QED) is 0.917. The van der Waals surface area contributed by atoms with Crippen molar-refractivity contribution in [3.05, 3.63) is 23.2 Å². The van der Waals surface area contributed by atoms with Crippen LogP contribution in [0.3, 0.4) is 0 Å². The van der Waals surface area contributed by atoms with Crippen molar-refractivity contribution in [2.75, 3.05) is 11.6 Å². The zero-order valence-corrected chi connectivity index (χ0v) is 13.8. The van der Waals surface area contributed by atoms with Crippen LogP contribution in [-0.4, -0.2) is 20.7 Å². The molecule has 0 bridgehead atoms. The van der Waals surface area contributed by atoms with Crippen LogP contribution in [0.15, 0.2) is 23.1 Å². The molecule has 3 nitrogen and oxygen atoms in total. The summed E-state index contributed by atoms with van der Waals surface area (Å²) in [4.78, 5) is 0.307. The fourth-order valence-electron chi connectivity index (χ4n) is 2.74. The van der Waals surface area contributed by atoms with Gasteiger partial charge in [0.05, 0.1) is 15.6 Å². The van der Waals surface area contributed by atoms with Gasteiger partial charge in [0.1, 0.15) is 0 Å². The van der Waals surface area contributed by atoms with E-state index in [0.29, 0.717) is 21.9 Å². The Morgan fingerprint density at radius 2 is 1.90 bits per heavy atom. The highest BCUT2D eigenvalue weighted by Crippen LogP contribution is 2.33. The van der Waals surface area contributed by atoms with Crippen LogP contribution in [0.5, 0.6) is 0 Å². The largest absolute Gasteiger partial charge is 0.381 e. The van der Waals surface area contributed by atoms with E-state index in [9.17, 15) is 8.42 Å². The normalized spacial score (nSPS) is 27.3. The van der Waals surface area contributed by atoms with Crippen molar-refractivity contribution >= 4 is 27.1 Å². The Kier molecular flexibility index (Phi) is 4.65. The van der Waals surface area contributed by atoms with E-state index in [-0.39, 0.29) is 0 Å². The standard InChI is InChI=1S/C15H22ClNO2S/c1-10-4-5-12(8-11(10)2)17-15-9-13(20(3,18)19)6-7-14(15)16/h6-7,9-12,17H,4-5,8H2,1-3H3. The zero-order chi connectivity index (χ0) is 14.9. The van der Waals surface area contributed by atoms with Gasteiger partial charge in [0.25, 0.3) is 0 Å². The van der Waals surface area contributed by atoms with Crippen molar-refractivity contribution in [1.82, 2.24) is 0 Å². The van der Waals surface area contributed by atoms with E-state index in [0.717, 1.165) is 24.4 Å². The molecule has 3 unspecified atom stereocenters. The summed E-state index contributed by atoms with van der Waals surface area (Å²) in [6, 6.07) is 5.21. The molecule has 0 spiro atoms. The van der Waals surface area contributed by atoms with Crippen LogP contribution in [0.2, 0.25) is 5.02 Å². The molecule has 1 aliphatic rings. The van der Waals surface area contributed by atoms with E-state index in [1.54, 1.807) is 18.2 Å². The molecular weight excluding hydrogens is 294 g/mol. The molecule has 0 amide bonds. The highest BCUT2D eigenvalue weighted by atomic mass is 35.5. The van der Waals surface area contributed by atoms with Gasteiger partial charge >= 0.3 is 0 Å². The molecule has 1 aromatic rings. The lowest BCUT2D eigenvalue weighted by Crippen LogP contribution is -2.30. The lowest BCUT2D eigenvalue weighted by atomic mass is 9.79. The molecular formula is C15H22ClNO2S. The summed E-state index contributed by atoms with van der Waals surface area (Å²) >= 11 is 6.17. The summed E-state index contributed by atoms with van der Waals surface area (Å²) < 4.78 is 23.2. The maximum absolute atomic E-state index is 11.6. The summed E-state index contributed by atoms with van der Waals surface area (Å²) in [5.41, 5.74) is 0.723. The number of hydrogen-bond acceptors (Lipinski definition) is 3. The molecule has 1 N–H and O–H groups in total. The Morgan fingerprint density at radius 3 is 2.50 bits per heavy atom. The Morgan fingerprint density at radius 1 is 1.20 bits per heavy atom. The Labute approximate surface area is 126 Å². The first-order valence-corrected chi connectivity index (χ1v) is 9.30. The van der Waals surface area contributed by atoms with Gasteiger partial charge in [-0.15, -0.1) is 0 Å². The first-order valence-electron chi connectivity index (χ1n) is 7.03. The number of halogens is 1. The summed E-state index contributed by atoms with van der Waals surface area (Å²) in [5, 5.41) is 3.99. The van der Waals surface area contributed by atoms with Crippen molar-refractivity contribution < 1.29 is 8.42 Å². The van der Waals surface area contributed by atoms with Crippen molar-refractivity contribution in [1.29, 1.82) is 0 Å². The van der Waals surface area contributed by atoms with Crippen LogP contribution in [0, 0.1) is 11.8 Å². The van der Waals surface area contributed by atoms with Crippen LogP contribution in [0.25, 0.3) is 0 Å². The molecule has 0 radical (unpaired) electrons. The summed E-state index contributed by atoms with van der Waals surface area (Å²) in [6.45, 7) is 4.56. The SMILES string of the molecule is CC1CCC(Nc2cc(S(C)(=O)=O)ccc2Cl)CC1C. The van der Waals surface area contributed by atoms with Gasteiger partial charge in [-0.1, -0.05) is 25.4 Å². The average molecular weight is 316 g/mol. The van der Waals surface area contributed by atoms with Crippen molar-refractivity contribution in [3.8, 4) is 0 Å². The number of sulfone groups is 1. The highest BCUT2D eigenvalue weighted by Gasteiger charge is 2.25. The van der Waals surface area contributed by atoms with Crippen LogP contribution < -0.4 is 5.32 Å². The molecule has 5 heteroatoms. The summed E-state index contributed by atoms with van der Waals surface area (Å²) in [6.07, 6.45) is 4.61. The molecule has 1 aliphatic carbocycles. The molecule has 1 saturated carbocycles. The van der Waals surface area contributed by atoms with E-state index in [4.69, 9.17) is 11.6 Å². The molecule has 2 rings (SSSR count). The van der Waals surface area contributed by atoms with Gasteiger partial charge in [-0.25, -0.2) is 8.42 Å². The maximum atomic E-state index is 11.6. The van der Waals surface area contributed by atoms with Gasteiger partial charge in [-0.3, -0.25) is 0 Å². The molecule has 3 atom stereocenters. The van der Waals surface area contributed by atoms with Gasteiger partial charge in [-0.2, -0.15) is 0 Å². The van der Waals surface area contributed by atoms with E-state index in [1.807, 2.05) is 0 Å². The zero-order valence-electron chi connectivity index (χ0n) is 12.2. The second kappa shape index (κ2) is 5.94. The number of rotatable bonds is 3. The number of nitrogens with one attached hydrogen (secondary N) is 1. The molecule has 1 fully saturated rings. The minimum absolute atomic E-state index is 0.307. The van der Waals surface area contributed by atoms with Gasteiger partial charge in [-0.05, 0) is 49.3 Å². The monoisotopic (exact) mass is 315 g/mol. The predicted octanol–water partition coefficient (Wildman–Crippen LogP) is 3.98. The van der Waals surface area contributed by atoms with Gasteiger partial charge < -0.3 is 5.32 Å². The van der Waals surface area contributed by atoms with E-state index in [2.05, 4.69) is 19.2 Å². The smallest absolute Gasteiger partial charge is 0.175 e. The Hall–Kier alpha value is -0.740. The van der Waals surface area contributed by atoms with Crippen LogP contribution in [-0.2, 0) is 9.84 Å². The predicted molar refractivity (Wildman–Crippen MR) is 84.2 cm³/mol. The summed E-state index contributed by atoms with van der Waals surface area (Å²) in [7, 11) is -3.20. The fraction of sp³-hybridized carbons (Fsp3) is 0.600. The van der Waals surface area contributed by atoms with Gasteiger partial charge in [0.15, 0.2) is 9.84 Å². The van der Waals surface area contributed by atoms with Crippen LogP contribution in [0.1, 0.15) is 33.1 Å². The van der Waals surface area contributed by atoms with E-state index >= 15 is 0 Å². The number of benzene rings is 1. The third-order valence-corrected chi connectivity index (χ3v) is 5.76. The first kappa shape index (κ1) is 15.6. The Balaban J connectivity index is 2.17. The third kappa shape index (κ3) is 3.67.